The van der Waals surface area contributed by atoms with Crippen LogP contribution in [-0.4, -0.2) is 49.2 Å². The first-order valence-electron chi connectivity index (χ1n) is 8.74. The summed E-state index contributed by atoms with van der Waals surface area (Å²) in [7, 11) is -3.56. The Kier molecular flexibility index (Phi) is 4.97. The van der Waals surface area contributed by atoms with E-state index >= 15 is 0 Å². The molecule has 1 heterocycles. The van der Waals surface area contributed by atoms with Crippen molar-refractivity contribution < 1.29 is 13.2 Å². The molecule has 1 aromatic carbocycles. The largest absolute Gasteiger partial charge is 0.338 e. The minimum Gasteiger partial charge on any atom is -0.338 e. The van der Waals surface area contributed by atoms with Crippen molar-refractivity contribution in [2.24, 2.45) is 11.8 Å². The first kappa shape index (κ1) is 17.4. The van der Waals surface area contributed by atoms with Gasteiger partial charge in [0.05, 0.1) is 4.90 Å². The highest BCUT2D eigenvalue weighted by atomic mass is 32.2. The van der Waals surface area contributed by atoms with Gasteiger partial charge in [-0.2, -0.15) is 4.31 Å². The normalized spacial score (nSPS) is 23.5. The molecule has 1 atom stereocenters. The number of carbonyl (C=O) groups excluding carboxylic acids is 1. The van der Waals surface area contributed by atoms with Gasteiger partial charge < -0.3 is 4.90 Å². The van der Waals surface area contributed by atoms with E-state index in [0.29, 0.717) is 17.4 Å². The molecule has 1 aromatic rings. The highest BCUT2D eigenvalue weighted by Crippen LogP contribution is 2.32. The predicted octanol–water partition coefficient (Wildman–Crippen LogP) is 2.34. The van der Waals surface area contributed by atoms with Gasteiger partial charge in [-0.1, -0.05) is 32.0 Å². The van der Waals surface area contributed by atoms with Crippen LogP contribution in [0.4, 0.5) is 0 Å². The third-order valence-corrected chi connectivity index (χ3v) is 6.87. The van der Waals surface area contributed by atoms with Gasteiger partial charge in [0.2, 0.25) is 15.9 Å². The number of carbonyl (C=O) groups is 1. The van der Waals surface area contributed by atoms with Crippen molar-refractivity contribution in [2.75, 3.05) is 19.6 Å². The minimum absolute atomic E-state index is 0.0564. The number of benzene rings is 1. The van der Waals surface area contributed by atoms with E-state index in [1.165, 1.54) is 17.1 Å². The SMILES string of the molecule is CC(C)[C@H]1CN(S(=O)(=O)c2ccccc2)CCC(=O)N1CC1CC1. The van der Waals surface area contributed by atoms with Gasteiger partial charge in [-0.15, -0.1) is 0 Å². The highest BCUT2D eigenvalue weighted by Gasteiger charge is 2.38. The lowest BCUT2D eigenvalue weighted by molar-refractivity contribution is -0.133. The van der Waals surface area contributed by atoms with Crippen LogP contribution >= 0.6 is 0 Å². The van der Waals surface area contributed by atoms with Crippen molar-refractivity contribution in [3.05, 3.63) is 30.3 Å². The fourth-order valence-corrected chi connectivity index (χ4v) is 4.77. The molecule has 1 aliphatic carbocycles. The van der Waals surface area contributed by atoms with Gasteiger partial charge in [0.15, 0.2) is 0 Å². The Morgan fingerprint density at radius 3 is 2.42 bits per heavy atom. The van der Waals surface area contributed by atoms with Crippen LogP contribution in [0, 0.1) is 11.8 Å². The summed E-state index contributed by atoms with van der Waals surface area (Å²) in [4.78, 5) is 14.9. The zero-order valence-electron chi connectivity index (χ0n) is 14.4. The number of rotatable bonds is 5. The smallest absolute Gasteiger partial charge is 0.243 e. The second kappa shape index (κ2) is 6.84. The Hall–Kier alpha value is -1.40. The van der Waals surface area contributed by atoms with Gasteiger partial charge >= 0.3 is 0 Å². The van der Waals surface area contributed by atoms with Crippen LogP contribution in [0.15, 0.2) is 35.2 Å². The van der Waals surface area contributed by atoms with E-state index in [-0.39, 0.29) is 30.8 Å². The van der Waals surface area contributed by atoms with Crippen molar-refractivity contribution in [3.63, 3.8) is 0 Å². The van der Waals surface area contributed by atoms with E-state index in [4.69, 9.17) is 0 Å². The fourth-order valence-electron chi connectivity index (χ4n) is 3.29. The second-order valence-electron chi connectivity index (χ2n) is 7.23. The minimum atomic E-state index is -3.56. The van der Waals surface area contributed by atoms with Gasteiger partial charge in [-0.3, -0.25) is 4.79 Å². The molecule has 0 aromatic heterocycles. The van der Waals surface area contributed by atoms with E-state index < -0.39 is 10.0 Å². The standard InChI is InChI=1S/C18H26N2O3S/c1-14(2)17-13-19(24(22,23)16-6-4-3-5-7-16)11-10-18(21)20(17)12-15-8-9-15/h3-7,14-15,17H,8-13H2,1-2H3/t17-/m1/s1. The second-order valence-corrected chi connectivity index (χ2v) is 9.16. The summed E-state index contributed by atoms with van der Waals surface area (Å²) in [6.45, 7) is 5.56. The third-order valence-electron chi connectivity index (χ3n) is 4.99. The van der Waals surface area contributed by atoms with Gasteiger partial charge in [-0.25, -0.2) is 8.42 Å². The maximum Gasteiger partial charge on any atom is 0.243 e. The summed E-state index contributed by atoms with van der Waals surface area (Å²) < 4.78 is 27.4. The van der Waals surface area contributed by atoms with E-state index in [1.54, 1.807) is 30.3 Å². The van der Waals surface area contributed by atoms with E-state index in [0.717, 1.165) is 6.54 Å². The van der Waals surface area contributed by atoms with Crippen LogP contribution in [0.2, 0.25) is 0 Å². The van der Waals surface area contributed by atoms with Crippen LogP contribution in [0.1, 0.15) is 33.1 Å². The molecule has 3 rings (SSSR count). The molecule has 6 heteroatoms. The maximum atomic E-state index is 13.0. The van der Waals surface area contributed by atoms with Crippen molar-refractivity contribution in [1.82, 2.24) is 9.21 Å². The average Bonchev–Trinajstić information content (AvgIpc) is 3.38. The molecule has 0 bridgehead atoms. The van der Waals surface area contributed by atoms with Crippen LogP contribution < -0.4 is 0 Å². The predicted molar refractivity (Wildman–Crippen MR) is 92.9 cm³/mol. The van der Waals surface area contributed by atoms with Gasteiger partial charge in [0, 0.05) is 32.1 Å². The van der Waals surface area contributed by atoms with Gasteiger partial charge in [0.1, 0.15) is 0 Å². The zero-order valence-corrected chi connectivity index (χ0v) is 15.2. The summed E-state index contributed by atoms with van der Waals surface area (Å²) in [5.74, 6) is 0.915. The molecule has 5 nitrogen and oxygen atoms in total. The fraction of sp³-hybridized carbons (Fsp3) is 0.611. The monoisotopic (exact) mass is 350 g/mol. The molecule has 1 saturated heterocycles. The van der Waals surface area contributed by atoms with Crippen LogP contribution in [0.3, 0.4) is 0 Å². The Morgan fingerprint density at radius 1 is 1.17 bits per heavy atom. The number of hydrogen-bond acceptors (Lipinski definition) is 3. The Bertz CT molecular complexity index is 683. The zero-order chi connectivity index (χ0) is 17.3. The van der Waals surface area contributed by atoms with E-state index in [1.807, 2.05) is 4.90 Å². The van der Waals surface area contributed by atoms with E-state index in [2.05, 4.69) is 13.8 Å². The average molecular weight is 350 g/mol. The molecular weight excluding hydrogens is 324 g/mol. The van der Waals surface area contributed by atoms with Crippen molar-refractivity contribution in [1.29, 1.82) is 0 Å². The lowest BCUT2D eigenvalue weighted by Gasteiger charge is -2.34. The number of sulfonamides is 1. The van der Waals surface area contributed by atoms with E-state index in [9.17, 15) is 13.2 Å². The topological polar surface area (TPSA) is 57.7 Å². The van der Waals surface area contributed by atoms with Crippen molar-refractivity contribution in [2.45, 2.75) is 44.0 Å². The molecule has 1 amide bonds. The molecular formula is C18H26N2O3S. The molecule has 132 valence electrons. The Balaban J connectivity index is 1.86. The maximum absolute atomic E-state index is 13.0. The molecule has 1 aliphatic heterocycles. The van der Waals surface area contributed by atoms with Gasteiger partial charge in [0.25, 0.3) is 0 Å². The summed E-state index contributed by atoms with van der Waals surface area (Å²) >= 11 is 0. The number of amides is 1. The Labute approximate surface area is 144 Å². The summed E-state index contributed by atoms with van der Waals surface area (Å²) in [6.07, 6.45) is 2.63. The van der Waals surface area contributed by atoms with Crippen LogP contribution in [0.25, 0.3) is 0 Å². The lowest BCUT2D eigenvalue weighted by atomic mass is 10.0. The van der Waals surface area contributed by atoms with Crippen molar-refractivity contribution in [3.8, 4) is 0 Å². The quantitative estimate of drug-likeness (QED) is 0.819. The van der Waals surface area contributed by atoms with Gasteiger partial charge in [-0.05, 0) is 36.8 Å². The summed E-state index contributed by atoms with van der Waals surface area (Å²) in [5, 5.41) is 0. The number of hydrogen-bond donors (Lipinski definition) is 0. The first-order valence-corrected chi connectivity index (χ1v) is 10.2. The molecule has 0 unspecified atom stereocenters. The number of nitrogens with zero attached hydrogens (tertiary/aromatic N) is 2. The molecule has 2 aliphatic rings. The molecule has 24 heavy (non-hydrogen) atoms. The molecule has 0 N–H and O–H groups in total. The summed E-state index contributed by atoms with van der Waals surface area (Å²) in [5.41, 5.74) is 0. The first-order chi connectivity index (χ1) is 11.4. The Morgan fingerprint density at radius 2 is 1.83 bits per heavy atom. The lowest BCUT2D eigenvalue weighted by Crippen LogP contribution is -2.48. The summed E-state index contributed by atoms with van der Waals surface area (Å²) in [6, 6.07) is 8.45. The molecule has 2 fully saturated rings. The van der Waals surface area contributed by atoms with Crippen LogP contribution in [-0.2, 0) is 14.8 Å². The van der Waals surface area contributed by atoms with Crippen molar-refractivity contribution >= 4 is 15.9 Å². The molecule has 0 radical (unpaired) electrons. The molecule has 1 saturated carbocycles. The third kappa shape index (κ3) is 3.64. The highest BCUT2D eigenvalue weighted by molar-refractivity contribution is 7.89. The molecule has 0 spiro atoms. The van der Waals surface area contributed by atoms with Crippen LogP contribution in [0.5, 0.6) is 0 Å².